The number of rotatable bonds is 9. The minimum atomic E-state index is -1.38. The lowest BCUT2D eigenvalue weighted by Crippen LogP contribution is -2.61. The molecule has 2 aromatic rings. The third-order valence-corrected chi connectivity index (χ3v) is 4.95. The van der Waals surface area contributed by atoms with Gasteiger partial charge in [-0.15, -0.1) is 11.6 Å². The molecule has 7 nitrogen and oxygen atoms in total. The summed E-state index contributed by atoms with van der Waals surface area (Å²) in [5.41, 5.74) is 1.79. The predicted molar refractivity (Wildman–Crippen MR) is 109 cm³/mol. The van der Waals surface area contributed by atoms with Crippen molar-refractivity contribution in [2.24, 2.45) is 0 Å². The van der Waals surface area contributed by atoms with Gasteiger partial charge in [-0.1, -0.05) is 60.7 Å². The third kappa shape index (κ3) is 6.01. The SMILES string of the molecule is O=C(CCl)O[C@H]1[C@H](OCc2ccccc2)[C@@H](OCc2ccccc2)[C@@H](O)O[C@@H]1CO. The standard InChI is InChI=1S/C22H25ClO7/c23-11-18(25)30-19-17(12-24)29-22(26)21(28-14-16-9-5-2-6-10-16)20(19)27-13-15-7-3-1-4-8-15/h1-10,17,19-22,24,26H,11-14H2/t17-,19-,20+,21-,22+/m1/s1. The Morgan fingerprint density at radius 2 is 1.43 bits per heavy atom. The maximum atomic E-state index is 11.9. The monoisotopic (exact) mass is 436 g/mol. The number of hydrogen-bond donors (Lipinski definition) is 2. The van der Waals surface area contributed by atoms with Crippen LogP contribution < -0.4 is 0 Å². The quantitative estimate of drug-likeness (QED) is 0.458. The summed E-state index contributed by atoms with van der Waals surface area (Å²) in [7, 11) is 0. The number of hydrogen-bond acceptors (Lipinski definition) is 7. The van der Waals surface area contributed by atoms with E-state index in [2.05, 4.69) is 0 Å². The van der Waals surface area contributed by atoms with E-state index in [9.17, 15) is 15.0 Å². The average molecular weight is 437 g/mol. The number of esters is 1. The third-order valence-electron chi connectivity index (χ3n) is 4.74. The van der Waals surface area contributed by atoms with Crippen LogP contribution in [0.4, 0.5) is 0 Å². The molecule has 5 atom stereocenters. The number of carbonyl (C=O) groups excluding carboxylic acids is 1. The van der Waals surface area contributed by atoms with Gasteiger partial charge in [0.05, 0.1) is 19.8 Å². The van der Waals surface area contributed by atoms with Gasteiger partial charge in [0.1, 0.15) is 24.2 Å². The molecule has 1 saturated heterocycles. The lowest BCUT2D eigenvalue weighted by atomic mass is 9.98. The van der Waals surface area contributed by atoms with Gasteiger partial charge >= 0.3 is 5.97 Å². The largest absolute Gasteiger partial charge is 0.456 e. The van der Waals surface area contributed by atoms with E-state index in [4.69, 9.17) is 30.5 Å². The van der Waals surface area contributed by atoms with Gasteiger partial charge in [-0.05, 0) is 11.1 Å². The van der Waals surface area contributed by atoms with Gasteiger partial charge in [-0.2, -0.15) is 0 Å². The summed E-state index contributed by atoms with van der Waals surface area (Å²) in [5, 5.41) is 20.2. The van der Waals surface area contributed by atoms with Crippen LogP contribution in [0.15, 0.2) is 60.7 Å². The van der Waals surface area contributed by atoms with E-state index in [0.717, 1.165) is 11.1 Å². The summed E-state index contributed by atoms with van der Waals surface area (Å²) in [4.78, 5) is 11.9. The number of alkyl halides is 1. The smallest absolute Gasteiger partial charge is 0.321 e. The minimum Gasteiger partial charge on any atom is -0.456 e. The lowest BCUT2D eigenvalue weighted by Gasteiger charge is -2.43. The highest BCUT2D eigenvalue weighted by Gasteiger charge is 2.49. The normalized spacial score (nSPS) is 26.3. The molecule has 3 rings (SSSR count). The van der Waals surface area contributed by atoms with Gasteiger partial charge in [-0.25, -0.2) is 0 Å². The molecule has 1 heterocycles. The Morgan fingerprint density at radius 1 is 0.900 bits per heavy atom. The summed E-state index contributed by atoms with van der Waals surface area (Å²) < 4.78 is 22.8. The van der Waals surface area contributed by atoms with E-state index in [1.165, 1.54) is 0 Å². The van der Waals surface area contributed by atoms with Gasteiger partial charge < -0.3 is 29.2 Å². The molecular weight excluding hydrogens is 412 g/mol. The number of halogens is 1. The molecule has 0 unspecified atom stereocenters. The van der Waals surface area contributed by atoms with E-state index >= 15 is 0 Å². The van der Waals surface area contributed by atoms with Crippen LogP contribution in [0.3, 0.4) is 0 Å². The molecule has 162 valence electrons. The molecule has 1 aliphatic rings. The molecule has 0 radical (unpaired) electrons. The molecule has 0 spiro atoms. The molecule has 2 N–H and O–H groups in total. The fourth-order valence-corrected chi connectivity index (χ4v) is 3.33. The number of benzene rings is 2. The number of aliphatic hydroxyl groups excluding tert-OH is 2. The first-order valence-corrected chi connectivity index (χ1v) is 10.2. The molecule has 8 heteroatoms. The van der Waals surface area contributed by atoms with Crippen molar-refractivity contribution in [1.82, 2.24) is 0 Å². The van der Waals surface area contributed by atoms with Crippen molar-refractivity contribution in [3.05, 3.63) is 71.8 Å². The fraction of sp³-hybridized carbons (Fsp3) is 0.409. The summed E-state index contributed by atoms with van der Waals surface area (Å²) in [6, 6.07) is 18.8. The Labute approximate surface area is 180 Å². The maximum absolute atomic E-state index is 11.9. The summed E-state index contributed by atoms with van der Waals surface area (Å²) in [5.74, 6) is -1.05. The zero-order valence-corrected chi connectivity index (χ0v) is 17.1. The van der Waals surface area contributed by atoms with E-state index in [0.29, 0.717) is 0 Å². The molecule has 2 aromatic carbocycles. The van der Waals surface area contributed by atoms with E-state index < -0.39 is 43.3 Å². The van der Waals surface area contributed by atoms with Gasteiger partial charge in [0.25, 0.3) is 0 Å². The van der Waals surface area contributed by atoms with E-state index in [-0.39, 0.29) is 19.1 Å². The molecular formula is C22H25ClO7. The molecule has 1 aliphatic heterocycles. The van der Waals surface area contributed by atoms with Crippen LogP contribution in [0.1, 0.15) is 11.1 Å². The Bertz CT molecular complexity index is 774. The molecule has 0 amide bonds. The Morgan fingerprint density at radius 3 is 1.93 bits per heavy atom. The molecule has 1 fully saturated rings. The Balaban J connectivity index is 1.80. The Kier molecular flexibility index (Phi) is 8.62. The van der Waals surface area contributed by atoms with Crippen LogP contribution in [0, 0.1) is 0 Å². The van der Waals surface area contributed by atoms with Crippen LogP contribution in [0.25, 0.3) is 0 Å². The number of ether oxygens (including phenoxy) is 4. The van der Waals surface area contributed by atoms with Crippen molar-refractivity contribution in [1.29, 1.82) is 0 Å². The van der Waals surface area contributed by atoms with Crippen molar-refractivity contribution in [3.63, 3.8) is 0 Å². The average Bonchev–Trinajstić information content (AvgIpc) is 2.79. The predicted octanol–water partition coefficient (Wildman–Crippen LogP) is 2.02. The molecule has 0 bridgehead atoms. The first-order valence-electron chi connectivity index (χ1n) is 9.63. The van der Waals surface area contributed by atoms with Crippen LogP contribution in [0.2, 0.25) is 0 Å². The summed E-state index contributed by atoms with van der Waals surface area (Å²) in [6.07, 6.45) is -5.21. The summed E-state index contributed by atoms with van der Waals surface area (Å²) in [6.45, 7) is -0.0958. The van der Waals surface area contributed by atoms with Gasteiger partial charge in [0.15, 0.2) is 12.4 Å². The highest BCUT2D eigenvalue weighted by molar-refractivity contribution is 6.26. The second kappa shape index (κ2) is 11.4. The van der Waals surface area contributed by atoms with Crippen LogP contribution in [0.5, 0.6) is 0 Å². The second-order valence-electron chi connectivity index (χ2n) is 6.86. The molecule has 0 aromatic heterocycles. The molecule has 0 aliphatic carbocycles. The van der Waals surface area contributed by atoms with Gasteiger partial charge in [0.2, 0.25) is 0 Å². The second-order valence-corrected chi connectivity index (χ2v) is 7.13. The van der Waals surface area contributed by atoms with Gasteiger partial charge in [0, 0.05) is 0 Å². The first kappa shape index (κ1) is 22.7. The van der Waals surface area contributed by atoms with Crippen molar-refractivity contribution in [3.8, 4) is 0 Å². The van der Waals surface area contributed by atoms with Crippen molar-refractivity contribution in [2.75, 3.05) is 12.5 Å². The zero-order valence-electron chi connectivity index (χ0n) is 16.3. The highest BCUT2D eigenvalue weighted by Crippen LogP contribution is 2.29. The minimum absolute atomic E-state index is 0.191. The molecule has 30 heavy (non-hydrogen) atoms. The van der Waals surface area contributed by atoms with Crippen molar-refractivity contribution >= 4 is 17.6 Å². The number of aliphatic hydroxyl groups is 2. The van der Waals surface area contributed by atoms with Gasteiger partial charge in [-0.3, -0.25) is 4.79 Å². The zero-order chi connectivity index (χ0) is 21.3. The van der Waals surface area contributed by atoms with Crippen LogP contribution in [-0.2, 0) is 37.0 Å². The van der Waals surface area contributed by atoms with Crippen LogP contribution >= 0.6 is 11.6 Å². The first-order chi connectivity index (χ1) is 14.6. The topological polar surface area (TPSA) is 94.5 Å². The highest BCUT2D eigenvalue weighted by atomic mass is 35.5. The van der Waals surface area contributed by atoms with Crippen molar-refractivity contribution < 1.29 is 34.0 Å². The van der Waals surface area contributed by atoms with E-state index in [1.54, 1.807) is 0 Å². The lowest BCUT2D eigenvalue weighted by molar-refractivity contribution is -0.309. The summed E-state index contributed by atoms with van der Waals surface area (Å²) >= 11 is 5.59. The van der Waals surface area contributed by atoms with E-state index in [1.807, 2.05) is 60.7 Å². The van der Waals surface area contributed by atoms with Crippen molar-refractivity contribution in [2.45, 2.75) is 43.9 Å². The maximum Gasteiger partial charge on any atom is 0.321 e. The number of carbonyl (C=O) groups is 1. The van der Waals surface area contributed by atoms with Crippen LogP contribution in [-0.4, -0.2) is 59.4 Å². The fourth-order valence-electron chi connectivity index (χ4n) is 3.27. The Hall–Kier alpha value is -2.00. The molecule has 0 saturated carbocycles.